The summed E-state index contributed by atoms with van der Waals surface area (Å²) in [6.07, 6.45) is 1.81. The summed E-state index contributed by atoms with van der Waals surface area (Å²) in [6.45, 7) is 9.73. The molecule has 4 nitrogen and oxygen atoms in total. The Labute approximate surface area is 97.5 Å². The number of rotatable bonds is 6. The molecule has 0 aliphatic heterocycles. The number of aryl methyl sites for hydroxylation is 1. The van der Waals surface area contributed by atoms with Gasteiger partial charge >= 0.3 is 0 Å². The first-order valence-corrected chi connectivity index (χ1v) is 5.97. The predicted molar refractivity (Wildman–Crippen MR) is 66.1 cm³/mol. The van der Waals surface area contributed by atoms with Gasteiger partial charge in [-0.1, -0.05) is 13.8 Å². The van der Waals surface area contributed by atoms with Gasteiger partial charge in [-0.3, -0.25) is 0 Å². The number of aromatic nitrogens is 2. The first kappa shape index (κ1) is 12.7. The van der Waals surface area contributed by atoms with E-state index in [1.807, 2.05) is 13.8 Å². The van der Waals surface area contributed by atoms with Crippen molar-refractivity contribution < 1.29 is 4.74 Å². The van der Waals surface area contributed by atoms with Crippen molar-refractivity contribution in [2.24, 2.45) is 0 Å². The van der Waals surface area contributed by atoms with E-state index >= 15 is 0 Å². The van der Waals surface area contributed by atoms with Crippen molar-refractivity contribution in [2.75, 3.05) is 18.5 Å². The molecule has 0 amide bonds. The molecule has 90 valence electrons. The number of hydrogen-bond acceptors (Lipinski definition) is 4. The quantitative estimate of drug-likeness (QED) is 0.805. The molecule has 1 N–H and O–H groups in total. The molecule has 0 atom stereocenters. The molecule has 1 aromatic heterocycles. The summed E-state index contributed by atoms with van der Waals surface area (Å²) in [4.78, 5) is 8.84. The Hall–Kier alpha value is -1.32. The minimum absolute atomic E-state index is 0.701. The van der Waals surface area contributed by atoms with E-state index in [0.29, 0.717) is 12.5 Å². The summed E-state index contributed by atoms with van der Waals surface area (Å²) >= 11 is 0. The zero-order valence-electron chi connectivity index (χ0n) is 10.6. The molecule has 0 saturated heterocycles. The lowest BCUT2D eigenvalue weighted by Crippen LogP contribution is -2.09. The number of hydrogen-bond donors (Lipinski definition) is 1. The van der Waals surface area contributed by atoms with E-state index in [2.05, 4.69) is 29.1 Å². The summed E-state index contributed by atoms with van der Waals surface area (Å²) in [5.41, 5.74) is 0.993. The fraction of sp³-hybridized carbons (Fsp3) is 0.667. The molecular formula is C12H21N3O. The lowest BCUT2D eigenvalue weighted by molar-refractivity contribution is 0.301. The van der Waals surface area contributed by atoms with Crippen LogP contribution in [0.5, 0.6) is 5.88 Å². The van der Waals surface area contributed by atoms with Gasteiger partial charge in [-0.15, -0.1) is 0 Å². The van der Waals surface area contributed by atoms with E-state index in [9.17, 15) is 0 Å². The van der Waals surface area contributed by atoms with Crippen LogP contribution in [0.15, 0.2) is 0 Å². The van der Waals surface area contributed by atoms with Crippen molar-refractivity contribution in [1.82, 2.24) is 9.97 Å². The molecule has 1 rings (SSSR count). The molecule has 0 radical (unpaired) electrons. The SMILES string of the molecule is CCCOc1nc(CC)nc(NCC)c1C. The van der Waals surface area contributed by atoms with Crippen LogP contribution in [-0.4, -0.2) is 23.1 Å². The van der Waals surface area contributed by atoms with Crippen LogP contribution < -0.4 is 10.1 Å². The highest BCUT2D eigenvalue weighted by Gasteiger charge is 2.10. The number of nitrogens with one attached hydrogen (secondary N) is 1. The van der Waals surface area contributed by atoms with Crippen LogP contribution in [-0.2, 0) is 6.42 Å². The normalized spacial score (nSPS) is 10.2. The molecule has 4 heteroatoms. The topological polar surface area (TPSA) is 47.0 Å². The third-order valence-electron chi connectivity index (χ3n) is 2.25. The molecule has 0 bridgehead atoms. The molecule has 0 aliphatic rings. The van der Waals surface area contributed by atoms with E-state index < -0.39 is 0 Å². The van der Waals surface area contributed by atoms with Crippen LogP contribution in [0.1, 0.15) is 38.6 Å². The number of nitrogens with zero attached hydrogens (tertiary/aromatic N) is 2. The number of ether oxygens (including phenoxy) is 1. The van der Waals surface area contributed by atoms with Crippen LogP contribution >= 0.6 is 0 Å². The van der Waals surface area contributed by atoms with E-state index in [-0.39, 0.29) is 0 Å². The van der Waals surface area contributed by atoms with Gasteiger partial charge in [0.2, 0.25) is 5.88 Å². The minimum Gasteiger partial charge on any atom is -0.477 e. The molecule has 0 fully saturated rings. The maximum Gasteiger partial charge on any atom is 0.221 e. The fourth-order valence-electron chi connectivity index (χ4n) is 1.38. The zero-order chi connectivity index (χ0) is 12.0. The third kappa shape index (κ3) is 3.08. The maximum atomic E-state index is 5.62. The van der Waals surface area contributed by atoms with Crippen LogP contribution in [0.2, 0.25) is 0 Å². The van der Waals surface area contributed by atoms with Crippen molar-refractivity contribution in [3.05, 3.63) is 11.4 Å². The van der Waals surface area contributed by atoms with Crippen LogP contribution in [0.25, 0.3) is 0 Å². The van der Waals surface area contributed by atoms with Crippen molar-refractivity contribution in [2.45, 2.75) is 40.5 Å². The molecular weight excluding hydrogens is 202 g/mol. The Morgan fingerprint density at radius 3 is 2.50 bits per heavy atom. The molecule has 1 aromatic rings. The van der Waals surface area contributed by atoms with E-state index in [1.54, 1.807) is 0 Å². The Morgan fingerprint density at radius 2 is 1.94 bits per heavy atom. The van der Waals surface area contributed by atoms with Gasteiger partial charge in [0.15, 0.2) is 0 Å². The molecule has 0 aromatic carbocycles. The van der Waals surface area contributed by atoms with Gasteiger partial charge in [0.05, 0.1) is 12.2 Å². The van der Waals surface area contributed by atoms with E-state index in [1.165, 1.54) is 0 Å². The first-order chi connectivity index (χ1) is 7.72. The Balaban J connectivity index is 2.99. The van der Waals surface area contributed by atoms with Gasteiger partial charge in [-0.05, 0) is 20.3 Å². The van der Waals surface area contributed by atoms with Gasteiger partial charge in [-0.25, -0.2) is 4.98 Å². The Kier molecular flexibility index (Phi) is 5.02. The highest BCUT2D eigenvalue weighted by Crippen LogP contribution is 2.22. The second kappa shape index (κ2) is 6.30. The highest BCUT2D eigenvalue weighted by molar-refractivity contribution is 5.48. The molecule has 0 unspecified atom stereocenters. The summed E-state index contributed by atoms with van der Waals surface area (Å²) in [7, 11) is 0. The molecule has 0 spiro atoms. The Morgan fingerprint density at radius 1 is 1.19 bits per heavy atom. The smallest absolute Gasteiger partial charge is 0.221 e. The van der Waals surface area contributed by atoms with Crippen molar-refractivity contribution in [1.29, 1.82) is 0 Å². The van der Waals surface area contributed by atoms with E-state index in [4.69, 9.17) is 4.74 Å². The third-order valence-corrected chi connectivity index (χ3v) is 2.25. The lowest BCUT2D eigenvalue weighted by atomic mass is 10.3. The van der Waals surface area contributed by atoms with Crippen LogP contribution in [0.4, 0.5) is 5.82 Å². The van der Waals surface area contributed by atoms with Crippen LogP contribution in [0.3, 0.4) is 0 Å². The average molecular weight is 223 g/mol. The average Bonchev–Trinajstić information content (AvgIpc) is 2.30. The second-order valence-electron chi connectivity index (χ2n) is 3.65. The lowest BCUT2D eigenvalue weighted by Gasteiger charge is -2.12. The highest BCUT2D eigenvalue weighted by atomic mass is 16.5. The predicted octanol–water partition coefficient (Wildman–Crippen LogP) is 2.57. The monoisotopic (exact) mass is 223 g/mol. The Bertz CT molecular complexity index is 339. The second-order valence-corrected chi connectivity index (χ2v) is 3.65. The molecule has 16 heavy (non-hydrogen) atoms. The van der Waals surface area contributed by atoms with Crippen molar-refractivity contribution >= 4 is 5.82 Å². The summed E-state index contributed by atoms with van der Waals surface area (Å²) in [6, 6.07) is 0. The first-order valence-electron chi connectivity index (χ1n) is 5.97. The largest absolute Gasteiger partial charge is 0.477 e. The van der Waals surface area contributed by atoms with Crippen molar-refractivity contribution in [3.8, 4) is 5.88 Å². The molecule has 1 heterocycles. The van der Waals surface area contributed by atoms with E-state index in [0.717, 1.165) is 36.6 Å². The summed E-state index contributed by atoms with van der Waals surface area (Å²) in [5, 5.41) is 3.24. The van der Waals surface area contributed by atoms with Gasteiger partial charge in [-0.2, -0.15) is 4.98 Å². The van der Waals surface area contributed by atoms with Gasteiger partial charge < -0.3 is 10.1 Å². The summed E-state index contributed by atoms with van der Waals surface area (Å²) < 4.78 is 5.62. The van der Waals surface area contributed by atoms with Crippen LogP contribution in [0, 0.1) is 6.92 Å². The van der Waals surface area contributed by atoms with Gasteiger partial charge in [0.25, 0.3) is 0 Å². The molecule has 0 saturated carbocycles. The van der Waals surface area contributed by atoms with Gasteiger partial charge in [0.1, 0.15) is 11.6 Å². The minimum atomic E-state index is 0.701. The molecule has 0 aliphatic carbocycles. The fourth-order valence-corrected chi connectivity index (χ4v) is 1.38. The van der Waals surface area contributed by atoms with Crippen molar-refractivity contribution in [3.63, 3.8) is 0 Å². The summed E-state index contributed by atoms with van der Waals surface area (Å²) in [5.74, 6) is 2.43. The van der Waals surface area contributed by atoms with Gasteiger partial charge in [0, 0.05) is 13.0 Å². The maximum absolute atomic E-state index is 5.62. The zero-order valence-corrected chi connectivity index (χ0v) is 10.6. The standard InChI is InChI=1S/C12H21N3O/c1-5-8-16-12-9(4)11(13-7-3)14-10(6-2)15-12/h5-8H2,1-4H3,(H,13,14,15). The number of anilines is 1.